The van der Waals surface area contributed by atoms with Crippen molar-refractivity contribution >= 4 is 17.4 Å². The van der Waals surface area contributed by atoms with Crippen LogP contribution >= 0.6 is 11.6 Å². The number of aryl methyl sites for hydroxylation is 1. The van der Waals surface area contributed by atoms with Crippen molar-refractivity contribution in [3.8, 4) is 0 Å². The molecule has 0 spiro atoms. The first kappa shape index (κ1) is 10.6. The molecule has 1 aromatic rings. The minimum atomic E-state index is 0.433. The van der Waals surface area contributed by atoms with Crippen LogP contribution in [0.4, 0.5) is 5.82 Å². The van der Waals surface area contributed by atoms with Gasteiger partial charge >= 0.3 is 0 Å². The SMILES string of the molecule is Cc1cc(Cl)cc(N2CCCC2C)[n+]1[O-]. The van der Waals surface area contributed by atoms with Gasteiger partial charge in [0.05, 0.1) is 17.6 Å². The van der Waals surface area contributed by atoms with Crippen molar-refractivity contribution in [3.05, 3.63) is 28.1 Å². The quantitative estimate of drug-likeness (QED) is 0.543. The Labute approximate surface area is 94.9 Å². The molecule has 15 heavy (non-hydrogen) atoms. The number of hydrogen-bond acceptors (Lipinski definition) is 2. The Bertz CT molecular complexity index is 381. The van der Waals surface area contributed by atoms with E-state index in [1.165, 1.54) is 0 Å². The summed E-state index contributed by atoms with van der Waals surface area (Å²) < 4.78 is 0.966. The molecule has 1 aromatic heterocycles. The first-order valence-electron chi connectivity index (χ1n) is 5.26. The monoisotopic (exact) mass is 226 g/mol. The highest BCUT2D eigenvalue weighted by atomic mass is 35.5. The van der Waals surface area contributed by atoms with Crippen molar-refractivity contribution < 1.29 is 4.73 Å². The second-order valence-electron chi connectivity index (χ2n) is 4.15. The largest absolute Gasteiger partial charge is 0.710 e. The summed E-state index contributed by atoms with van der Waals surface area (Å²) in [5.41, 5.74) is 0.650. The van der Waals surface area contributed by atoms with Crippen molar-refractivity contribution in [1.82, 2.24) is 0 Å². The van der Waals surface area contributed by atoms with Gasteiger partial charge in [0.1, 0.15) is 5.69 Å². The van der Waals surface area contributed by atoms with Gasteiger partial charge in [0, 0.05) is 6.07 Å². The predicted octanol–water partition coefficient (Wildman–Crippen LogP) is 2.27. The molecule has 1 atom stereocenters. The zero-order valence-corrected chi connectivity index (χ0v) is 9.79. The van der Waals surface area contributed by atoms with Crippen molar-refractivity contribution in [2.75, 3.05) is 11.4 Å². The van der Waals surface area contributed by atoms with Crippen LogP contribution in [-0.4, -0.2) is 12.6 Å². The van der Waals surface area contributed by atoms with Gasteiger partial charge in [-0.05, 0) is 32.8 Å². The lowest BCUT2D eigenvalue weighted by Crippen LogP contribution is -2.41. The van der Waals surface area contributed by atoms with E-state index >= 15 is 0 Å². The Morgan fingerprint density at radius 1 is 1.53 bits per heavy atom. The average molecular weight is 227 g/mol. The maximum absolute atomic E-state index is 11.9. The van der Waals surface area contributed by atoms with Gasteiger partial charge < -0.3 is 5.21 Å². The van der Waals surface area contributed by atoms with Crippen LogP contribution in [-0.2, 0) is 0 Å². The summed E-state index contributed by atoms with van der Waals surface area (Å²) in [6.45, 7) is 4.87. The minimum Gasteiger partial charge on any atom is -0.710 e. The highest BCUT2D eigenvalue weighted by molar-refractivity contribution is 6.30. The number of hydrogen-bond donors (Lipinski definition) is 0. The Balaban J connectivity index is 2.42. The third-order valence-corrected chi connectivity index (χ3v) is 3.21. The van der Waals surface area contributed by atoms with Crippen LogP contribution in [0.25, 0.3) is 0 Å². The number of aromatic nitrogens is 1. The summed E-state index contributed by atoms with van der Waals surface area (Å²) in [5, 5.41) is 12.5. The fraction of sp³-hybridized carbons (Fsp3) is 0.545. The molecule has 4 heteroatoms. The maximum atomic E-state index is 11.9. The molecule has 2 rings (SSSR count). The molecule has 0 aliphatic carbocycles. The summed E-state index contributed by atoms with van der Waals surface area (Å²) >= 11 is 5.97. The van der Waals surface area contributed by atoms with Crippen LogP contribution in [0.3, 0.4) is 0 Å². The number of nitrogens with zero attached hydrogens (tertiary/aromatic N) is 2. The van der Waals surface area contributed by atoms with Crippen LogP contribution in [0.15, 0.2) is 12.1 Å². The van der Waals surface area contributed by atoms with E-state index in [0.29, 0.717) is 22.6 Å². The van der Waals surface area contributed by atoms with E-state index < -0.39 is 0 Å². The van der Waals surface area contributed by atoms with E-state index in [4.69, 9.17) is 11.6 Å². The molecule has 1 saturated heterocycles. The summed E-state index contributed by atoms with van der Waals surface area (Å²) in [6, 6.07) is 3.88. The lowest BCUT2D eigenvalue weighted by atomic mass is 10.2. The van der Waals surface area contributed by atoms with Crippen molar-refractivity contribution in [2.24, 2.45) is 0 Å². The highest BCUT2D eigenvalue weighted by Gasteiger charge is 2.29. The van der Waals surface area contributed by atoms with Crippen LogP contribution in [0.1, 0.15) is 25.5 Å². The van der Waals surface area contributed by atoms with Crippen molar-refractivity contribution in [1.29, 1.82) is 0 Å². The summed E-state index contributed by atoms with van der Waals surface area (Å²) in [7, 11) is 0. The Kier molecular flexibility index (Phi) is 2.74. The van der Waals surface area contributed by atoms with E-state index in [2.05, 4.69) is 11.8 Å². The second-order valence-corrected chi connectivity index (χ2v) is 4.59. The Hall–Kier alpha value is -0.960. The lowest BCUT2D eigenvalue weighted by molar-refractivity contribution is -0.599. The summed E-state index contributed by atoms with van der Waals surface area (Å²) in [5.74, 6) is 0.685. The number of pyridine rings is 1. The molecule has 3 nitrogen and oxygen atoms in total. The standard InChI is InChI=1S/C11H15ClN2O/c1-8-4-3-5-13(8)11-7-10(12)6-9(2)14(11)15/h6-8H,3-5H2,1-2H3. The number of anilines is 1. The smallest absolute Gasteiger partial charge is 0.281 e. The Morgan fingerprint density at radius 3 is 2.87 bits per heavy atom. The van der Waals surface area contributed by atoms with E-state index in [-0.39, 0.29) is 0 Å². The summed E-state index contributed by atoms with van der Waals surface area (Å²) in [6.07, 6.45) is 2.29. The van der Waals surface area contributed by atoms with Gasteiger partial charge in [0.2, 0.25) is 0 Å². The van der Waals surface area contributed by atoms with E-state index in [0.717, 1.165) is 24.1 Å². The van der Waals surface area contributed by atoms with Crippen LogP contribution in [0, 0.1) is 12.1 Å². The van der Waals surface area contributed by atoms with Gasteiger partial charge in [-0.25, -0.2) is 4.73 Å². The molecular formula is C11H15ClN2O. The van der Waals surface area contributed by atoms with E-state index in [9.17, 15) is 5.21 Å². The Morgan fingerprint density at radius 2 is 2.27 bits per heavy atom. The molecule has 0 N–H and O–H groups in total. The van der Waals surface area contributed by atoms with Crippen LogP contribution < -0.4 is 9.63 Å². The van der Waals surface area contributed by atoms with E-state index in [1.54, 1.807) is 19.1 Å². The number of rotatable bonds is 1. The third-order valence-electron chi connectivity index (χ3n) is 2.99. The zero-order chi connectivity index (χ0) is 11.0. The molecule has 1 unspecified atom stereocenters. The van der Waals surface area contributed by atoms with E-state index in [1.807, 2.05) is 0 Å². The number of halogens is 1. The molecule has 1 aliphatic rings. The molecular weight excluding hydrogens is 212 g/mol. The average Bonchev–Trinajstić information content (AvgIpc) is 2.58. The van der Waals surface area contributed by atoms with Gasteiger partial charge in [-0.1, -0.05) is 11.6 Å². The predicted molar refractivity (Wildman–Crippen MR) is 61.2 cm³/mol. The normalized spacial score (nSPS) is 21.0. The molecule has 1 fully saturated rings. The highest BCUT2D eigenvalue weighted by Crippen LogP contribution is 2.24. The van der Waals surface area contributed by atoms with Crippen molar-refractivity contribution in [2.45, 2.75) is 32.7 Å². The third kappa shape index (κ3) is 1.88. The fourth-order valence-corrected chi connectivity index (χ4v) is 2.39. The molecule has 0 bridgehead atoms. The first-order chi connectivity index (χ1) is 7.09. The van der Waals surface area contributed by atoms with Gasteiger partial charge in [0.25, 0.3) is 5.82 Å². The molecule has 82 valence electrons. The van der Waals surface area contributed by atoms with Gasteiger partial charge in [0.15, 0.2) is 0 Å². The first-order valence-corrected chi connectivity index (χ1v) is 5.64. The lowest BCUT2D eigenvalue weighted by Gasteiger charge is -2.21. The van der Waals surface area contributed by atoms with Crippen LogP contribution in [0.5, 0.6) is 0 Å². The molecule has 0 saturated carbocycles. The molecule has 0 radical (unpaired) electrons. The maximum Gasteiger partial charge on any atom is 0.281 e. The molecule has 2 heterocycles. The fourth-order valence-electron chi connectivity index (χ4n) is 2.14. The van der Waals surface area contributed by atoms with Gasteiger partial charge in [-0.3, -0.25) is 4.90 Å². The van der Waals surface area contributed by atoms with Gasteiger partial charge in [-0.15, -0.1) is 0 Å². The summed E-state index contributed by atoms with van der Waals surface area (Å²) in [4.78, 5) is 2.13. The topological polar surface area (TPSA) is 30.2 Å². The van der Waals surface area contributed by atoms with Gasteiger partial charge in [-0.2, -0.15) is 0 Å². The van der Waals surface area contributed by atoms with Crippen LogP contribution in [0.2, 0.25) is 5.02 Å². The zero-order valence-electron chi connectivity index (χ0n) is 9.03. The van der Waals surface area contributed by atoms with Crippen molar-refractivity contribution in [3.63, 3.8) is 0 Å². The molecule has 0 aromatic carbocycles. The molecule has 0 amide bonds. The second kappa shape index (κ2) is 3.89. The molecule has 1 aliphatic heterocycles. The minimum absolute atomic E-state index is 0.433.